The zero-order chi connectivity index (χ0) is 23.8. The SMILES string of the molecule is O=C(Nc1cccc(C(=O)Nc2cccc(Cl)c2)c1)c1ccc(OCCc2ccccc2)cc1. The molecule has 4 aromatic carbocycles. The lowest BCUT2D eigenvalue weighted by molar-refractivity contribution is 0.101. The maximum absolute atomic E-state index is 12.7. The van der Waals surface area contributed by atoms with Crippen LogP contribution in [0.3, 0.4) is 0 Å². The average molecular weight is 471 g/mol. The Kier molecular flexibility index (Phi) is 7.58. The van der Waals surface area contributed by atoms with Gasteiger partial charge >= 0.3 is 0 Å². The van der Waals surface area contributed by atoms with Crippen molar-refractivity contribution in [2.24, 2.45) is 0 Å². The first kappa shape index (κ1) is 23.1. The van der Waals surface area contributed by atoms with E-state index < -0.39 is 0 Å². The Bertz CT molecular complexity index is 1270. The van der Waals surface area contributed by atoms with Crippen molar-refractivity contribution in [3.05, 3.63) is 125 Å². The fourth-order valence-electron chi connectivity index (χ4n) is 3.34. The van der Waals surface area contributed by atoms with Gasteiger partial charge in [0.15, 0.2) is 0 Å². The number of nitrogens with one attached hydrogen (secondary N) is 2. The van der Waals surface area contributed by atoms with Crippen LogP contribution in [0.2, 0.25) is 5.02 Å². The number of halogens is 1. The lowest BCUT2D eigenvalue weighted by Gasteiger charge is -2.10. The maximum Gasteiger partial charge on any atom is 0.255 e. The van der Waals surface area contributed by atoms with Crippen LogP contribution in [-0.4, -0.2) is 18.4 Å². The normalized spacial score (nSPS) is 10.4. The summed E-state index contributed by atoms with van der Waals surface area (Å²) in [5.74, 6) is 0.130. The van der Waals surface area contributed by atoms with Crippen LogP contribution in [0.1, 0.15) is 26.3 Å². The number of amides is 2. The third kappa shape index (κ3) is 6.47. The number of benzene rings is 4. The first-order chi connectivity index (χ1) is 16.6. The van der Waals surface area contributed by atoms with Crippen LogP contribution >= 0.6 is 11.6 Å². The minimum atomic E-state index is -0.296. The van der Waals surface area contributed by atoms with Crippen molar-refractivity contribution < 1.29 is 14.3 Å². The summed E-state index contributed by atoms with van der Waals surface area (Å²) in [6.07, 6.45) is 0.810. The third-order valence-corrected chi connectivity index (χ3v) is 5.32. The van der Waals surface area contributed by atoms with Gasteiger partial charge in [-0.15, -0.1) is 0 Å². The Morgan fingerprint density at radius 2 is 1.32 bits per heavy atom. The number of carbonyl (C=O) groups excluding carboxylic acids is 2. The van der Waals surface area contributed by atoms with E-state index in [4.69, 9.17) is 16.3 Å². The van der Waals surface area contributed by atoms with E-state index in [-0.39, 0.29) is 11.8 Å². The maximum atomic E-state index is 12.7. The van der Waals surface area contributed by atoms with Crippen molar-refractivity contribution in [2.45, 2.75) is 6.42 Å². The molecule has 0 unspecified atom stereocenters. The number of rotatable bonds is 8. The minimum Gasteiger partial charge on any atom is -0.493 e. The molecule has 0 aliphatic heterocycles. The Hall–Kier alpha value is -4.09. The molecule has 5 nitrogen and oxygen atoms in total. The van der Waals surface area contributed by atoms with Gasteiger partial charge in [0.1, 0.15) is 5.75 Å². The lowest BCUT2D eigenvalue weighted by atomic mass is 10.1. The van der Waals surface area contributed by atoms with Crippen LogP contribution in [0.15, 0.2) is 103 Å². The highest BCUT2D eigenvalue weighted by molar-refractivity contribution is 6.31. The van der Waals surface area contributed by atoms with Gasteiger partial charge in [-0.2, -0.15) is 0 Å². The molecule has 0 aromatic heterocycles. The predicted molar refractivity (Wildman–Crippen MR) is 136 cm³/mol. The van der Waals surface area contributed by atoms with Gasteiger partial charge in [-0.25, -0.2) is 0 Å². The lowest BCUT2D eigenvalue weighted by Crippen LogP contribution is -2.14. The average Bonchev–Trinajstić information content (AvgIpc) is 2.85. The van der Waals surface area contributed by atoms with E-state index in [2.05, 4.69) is 22.8 Å². The molecule has 0 saturated heterocycles. The molecule has 0 spiro atoms. The van der Waals surface area contributed by atoms with E-state index in [0.29, 0.717) is 39.9 Å². The third-order valence-electron chi connectivity index (χ3n) is 5.08. The first-order valence-electron chi connectivity index (χ1n) is 10.8. The van der Waals surface area contributed by atoms with E-state index in [1.54, 1.807) is 72.8 Å². The summed E-state index contributed by atoms with van der Waals surface area (Å²) in [4.78, 5) is 25.2. The quantitative estimate of drug-likeness (QED) is 0.310. The van der Waals surface area contributed by atoms with Crippen molar-refractivity contribution in [2.75, 3.05) is 17.2 Å². The first-order valence-corrected chi connectivity index (χ1v) is 11.2. The van der Waals surface area contributed by atoms with Crippen molar-refractivity contribution in [1.29, 1.82) is 0 Å². The Morgan fingerprint density at radius 3 is 2.03 bits per heavy atom. The zero-order valence-corrected chi connectivity index (χ0v) is 19.1. The molecule has 0 radical (unpaired) electrons. The summed E-state index contributed by atoms with van der Waals surface area (Å²) >= 11 is 5.97. The zero-order valence-electron chi connectivity index (χ0n) is 18.3. The molecule has 6 heteroatoms. The van der Waals surface area contributed by atoms with E-state index >= 15 is 0 Å². The molecule has 2 N–H and O–H groups in total. The van der Waals surface area contributed by atoms with Crippen LogP contribution in [0, 0.1) is 0 Å². The molecular weight excluding hydrogens is 448 g/mol. The number of ether oxygens (including phenoxy) is 1. The van der Waals surface area contributed by atoms with Crippen LogP contribution < -0.4 is 15.4 Å². The molecule has 0 atom stereocenters. The van der Waals surface area contributed by atoms with Gasteiger partial charge < -0.3 is 15.4 Å². The molecule has 4 rings (SSSR count). The molecule has 0 fully saturated rings. The fraction of sp³-hybridized carbons (Fsp3) is 0.0714. The highest BCUT2D eigenvalue weighted by Crippen LogP contribution is 2.18. The van der Waals surface area contributed by atoms with E-state index in [0.717, 1.165) is 6.42 Å². The largest absolute Gasteiger partial charge is 0.493 e. The fourth-order valence-corrected chi connectivity index (χ4v) is 3.54. The van der Waals surface area contributed by atoms with Gasteiger partial charge in [-0.3, -0.25) is 9.59 Å². The van der Waals surface area contributed by atoms with Crippen LogP contribution in [0.4, 0.5) is 11.4 Å². The molecule has 4 aromatic rings. The number of hydrogen-bond acceptors (Lipinski definition) is 3. The van der Waals surface area contributed by atoms with Crippen LogP contribution in [0.25, 0.3) is 0 Å². The summed E-state index contributed by atoms with van der Waals surface area (Å²) in [6, 6.07) is 30.7. The Labute approximate surface area is 203 Å². The topological polar surface area (TPSA) is 67.4 Å². The molecule has 2 amide bonds. The molecule has 170 valence electrons. The summed E-state index contributed by atoms with van der Waals surface area (Å²) in [5.41, 5.74) is 3.23. The monoisotopic (exact) mass is 470 g/mol. The second-order valence-electron chi connectivity index (χ2n) is 7.61. The van der Waals surface area contributed by atoms with Gasteiger partial charge in [0.25, 0.3) is 11.8 Å². The van der Waals surface area contributed by atoms with Crippen molar-refractivity contribution in [1.82, 2.24) is 0 Å². The van der Waals surface area contributed by atoms with E-state index in [1.165, 1.54) is 5.56 Å². The van der Waals surface area contributed by atoms with Gasteiger partial charge in [0, 0.05) is 33.9 Å². The highest BCUT2D eigenvalue weighted by atomic mass is 35.5. The van der Waals surface area contributed by atoms with Crippen molar-refractivity contribution in [3.8, 4) is 5.75 Å². The minimum absolute atomic E-state index is 0.275. The Morgan fingerprint density at radius 1 is 0.676 bits per heavy atom. The van der Waals surface area contributed by atoms with Crippen molar-refractivity contribution in [3.63, 3.8) is 0 Å². The van der Waals surface area contributed by atoms with Gasteiger partial charge in [-0.1, -0.05) is 54.1 Å². The van der Waals surface area contributed by atoms with Crippen molar-refractivity contribution >= 4 is 34.8 Å². The summed E-state index contributed by atoms with van der Waals surface area (Å²) < 4.78 is 5.78. The number of anilines is 2. The molecule has 34 heavy (non-hydrogen) atoms. The number of hydrogen-bond donors (Lipinski definition) is 2. The van der Waals surface area contributed by atoms with Crippen LogP contribution in [0.5, 0.6) is 5.75 Å². The predicted octanol–water partition coefficient (Wildman–Crippen LogP) is 6.47. The summed E-state index contributed by atoms with van der Waals surface area (Å²) in [7, 11) is 0. The molecule has 0 aliphatic rings. The molecular formula is C28H23ClN2O3. The Balaban J connectivity index is 1.33. The molecule has 0 aliphatic carbocycles. The van der Waals surface area contributed by atoms with Gasteiger partial charge in [0.2, 0.25) is 0 Å². The van der Waals surface area contributed by atoms with Gasteiger partial charge in [-0.05, 0) is 66.2 Å². The van der Waals surface area contributed by atoms with Crippen LogP contribution in [-0.2, 0) is 6.42 Å². The van der Waals surface area contributed by atoms with E-state index in [1.807, 2.05) is 18.2 Å². The molecule has 0 bridgehead atoms. The van der Waals surface area contributed by atoms with Gasteiger partial charge in [0.05, 0.1) is 6.61 Å². The standard InChI is InChI=1S/C28H23ClN2O3/c29-23-9-5-11-25(19-23)31-28(33)22-8-4-10-24(18-22)30-27(32)21-12-14-26(15-13-21)34-17-16-20-6-2-1-3-7-20/h1-15,18-19H,16-17H2,(H,30,32)(H,31,33). The van der Waals surface area contributed by atoms with E-state index in [9.17, 15) is 9.59 Å². The second kappa shape index (κ2) is 11.2. The summed E-state index contributed by atoms with van der Waals surface area (Å²) in [5, 5.41) is 6.16. The highest BCUT2D eigenvalue weighted by Gasteiger charge is 2.10. The number of carbonyl (C=O) groups is 2. The molecule has 0 saturated carbocycles. The molecule has 0 heterocycles. The summed E-state index contributed by atoms with van der Waals surface area (Å²) in [6.45, 7) is 0.555. The smallest absolute Gasteiger partial charge is 0.255 e. The second-order valence-corrected chi connectivity index (χ2v) is 8.04.